The minimum absolute atomic E-state index is 0.421. The zero-order chi connectivity index (χ0) is 17.3. The lowest BCUT2D eigenvalue weighted by Gasteiger charge is -2.28. The fraction of sp³-hybridized carbons (Fsp3) is 0.368. The third-order valence-electron chi connectivity index (χ3n) is 3.85. The molecule has 24 heavy (non-hydrogen) atoms. The molecule has 1 aromatic carbocycles. The summed E-state index contributed by atoms with van der Waals surface area (Å²) in [5.41, 5.74) is 2.28. The van der Waals surface area contributed by atoms with E-state index < -0.39 is 11.7 Å². The molecule has 1 aromatic heterocycles. The molecule has 3 rings (SSSR count). The van der Waals surface area contributed by atoms with Crippen molar-refractivity contribution >= 4 is 17.6 Å². The van der Waals surface area contributed by atoms with E-state index in [4.69, 9.17) is 9.47 Å². The van der Waals surface area contributed by atoms with Gasteiger partial charge in [-0.05, 0) is 69.0 Å². The first-order valence-corrected chi connectivity index (χ1v) is 8.03. The summed E-state index contributed by atoms with van der Waals surface area (Å²) < 4.78 is 10.9. The molecule has 5 heteroatoms. The van der Waals surface area contributed by atoms with Gasteiger partial charge in [-0.2, -0.15) is 0 Å². The summed E-state index contributed by atoms with van der Waals surface area (Å²) in [4.78, 5) is 18.9. The SMILES string of the molecule is COc1ccc2c(c1)CCc1cccnc1N2C(=O)OC(C)(C)C. The van der Waals surface area contributed by atoms with E-state index >= 15 is 0 Å². The van der Waals surface area contributed by atoms with E-state index in [9.17, 15) is 4.79 Å². The molecule has 0 saturated carbocycles. The summed E-state index contributed by atoms with van der Waals surface area (Å²) in [6.45, 7) is 5.57. The molecule has 0 atom stereocenters. The monoisotopic (exact) mass is 326 g/mol. The normalized spacial score (nSPS) is 13.6. The standard InChI is InChI=1S/C19H22N2O3/c1-19(2,3)24-18(22)21-16-10-9-15(23-4)12-14(16)8-7-13-6-5-11-20-17(13)21/h5-6,9-12H,7-8H2,1-4H3. The molecule has 0 radical (unpaired) electrons. The van der Waals surface area contributed by atoms with Gasteiger partial charge in [0.2, 0.25) is 0 Å². The molecule has 0 saturated heterocycles. The number of amides is 1. The molecule has 5 nitrogen and oxygen atoms in total. The number of methoxy groups -OCH3 is 1. The topological polar surface area (TPSA) is 51.7 Å². The number of anilines is 2. The molecule has 0 unspecified atom stereocenters. The van der Waals surface area contributed by atoms with E-state index in [-0.39, 0.29) is 0 Å². The fourth-order valence-electron chi connectivity index (χ4n) is 2.81. The van der Waals surface area contributed by atoms with Crippen LogP contribution in [0.15, 0.2) is 36.5 Å². The number of pyridine rings is 1. The number of rotatable bonds is 1. The number of aromatic nitrogens is 1. The Morgan fingerprint density at radius 3 is 2.62 bits per heavy atom. The molecular formula is C19H22N2O3. The second-order valence-electron chi connectivity index (χ2n) is 6.80. The number of fused-ring (bicyclic) bond motifs is 2. The molecule has 1 aliphatic heterocycles. The van der Waals surface area contributed by atoms with Gasteiger partial charge < -0.3 is 9.47 Å². The van der Waals surface area contributed by atoms with Crippen LogP contribution in [0.5, 0.6) is 5.75 Å². The van der Waals surface area contributed by atoms with Crippen LogP contribution in [0.3, 0.4) is 0 Å². The molecule has 2 aromatic rings. The Morgan fingerprint density at radius 1 is 1.17 bits per heavy atom. The summed E-state index contributed by atoms with van der Waals surface area (Å²) in [5.74, 6) is 1.41. The van der Waals surface area contributed by atoms with Gasteiger partial charge in [0, 0.05) is 6.20 Å². The van der Waals surface area contributed by atoms with Crippen LogP contribution >= 0.6 is 0 Å². The Bertz CT molecular complexity index is 765. The van der Waals surface area contributed by atoms with Crippen molar-refractivity contribution in [2.45, 2.75) is 39.2 Å². The second kappa shape index (κ2) is 6.15. The zero-order valence-corrected chi connectivity index (χ0v) is 14.5. The molecule has 0 fully saturated rings. The predicted octanol–water partition coefficient (Wildman–Crippen LogP) is 4.26. The molecule has 0 N–H and O–H groups in total. The first kappa shape index (κ1) is 16.3. The number of carbonyl (C=O) groups excluding carboxylic acids is 1. The van der Waals surface area contributed by atoms with Crippen LogP contribution in [0.1, 0.15) is 31.9 Å². The molecule has 1 aliphatic rings. The van der Waals surface area contributed by atoms with Gasteiger partial charge in [0.05, 0.1) is 12.8 Å². The molecule has 0 bridgehead atoms. The maximum Gasteiger partial charge on any atom is 0.420 e. The Kier molecular flexibility index (Phi) is 4.18. The smallest absolute Gasteiger partial charge is 0.420 e. The lowest BCUT2D eigenvalue weighted by Crippen LogP contribution is -2.34. The Labute approximate surface area is 142 Å². The zero-order valence-electron chi connectivity index (χ0n) is 14.5. The minimum Gasteiger partial charge on any atom is -0.497 e. The lowest BCUT2D eigenvalue weighted by atomic mass is 10.1. The van der Waals surface area contributed by atoms with Crippen LogP contribution in [0, 0.1) is 0 Å². The van der Waals surface area contributed by atoms with Gasteiger partial charge in [0.15, 0.2) is 0 Å². The maximum atomic E-state index is 12.9. The third kappa shape index (κ3) is 3.20. The molecule has 0 spiro atoms. The minimum atomic E-state index is -0.578. The third-order valence-corrected chi connectivity index (χ3v) is 3.85. The Morgan fingerprint density at radius 2 is 1.92 bits per heavy atom. The van der Waals surface area contributed by atoms with Gasteiger partial charge in [0.1, 0.15) is 17.2 Å². The second-order valence-corrected chi connectivity index (χ2v) is 6.80. The van der Waals surface area contributed by atoms with E-state index in [1.54, 1.807) is 18.2 Å². The number of benzene rings is 1. The van der Waals surface area contributed by atoms with Crippen LogP contribution in [-0.4, -0.2) is 23.8 Å². The van der Waals surface area contributed by atoms with Crippen LogP contribution in [-0.2, 0) is 17.6 Å². The van der Waals surface area contributed by atoms with Crippen LogP contribution in [0.2, 0.25) is 0 Å². The highest BCUT2D eigenvalue weighted by Crippen LogP contribution is 2.37. The van der Waals surface area contributed by atoms with Crippen molar-refractivity contribution in [3.05, 3.63) is 47.7 Å². The van der Waals surface area contributed by atoms with Gasteiger partial charge in [-0.1, -0.05) is 6.07 Å². The van der Waals surface area contributed by atoms with Crippen LogP contribution in [0.4, 0.5) is 16.3 Å². The van der Waals surface area contributed by atoms with E-state index in [0.717, 1.165) is 35.4 Å². The van der Waals surface area contributed by atoms with Gasteiger partial charge >= 0.3 is 6.09 Å². The van der Waals surface area contributed by atoms with Gasteiger partial charge in [-0.25, -0.2) is 14.7 Å². The summed E-state index contributed by atoms with van der Waals surface area (Å²) in [6.07, 6.45) is 2.90. The average molecular weight is 326 g/mol. The first-order valence-electron chi connectivity index (χ1n) is 8.03. The van der Waals surface area contributed by atoms with Crippen LogP contribution in [0.25, 0.3) is 0 Å². The lowest BCUT2D eigenvalue weighted by molar-refractivity contribution is 0.0598. The molecular weight excluding hydrogens is 304 g/mol. The predicted molar refractivity (Wildman–Crippen MR) is 93.0 cm³/mol. The van der Waals surface area contributed by atoms with Gasteiger partial charge in [-0.3, -0.25) is 0 Å². The highest BCUT2D eigenvalue weighted by molar-refractivity contribution is 5.97. The summed E-state index contributed by atoms with van der Waals surface area (Å²) in [5, 5.41) is 0. The largest absolute Gasteiger partial charge is 0.497 e. The molecule has 2 heterocycles. The van der Waals surface area contributed by atoms with Crippen molar-refractivity contribution in [3.8, 4) is 5.75 Å². The number of aryl methyl sites for hydroxylation is 2. The molecule has 126 valence electrons. The van der Waals surface area contributed by atoms with Gasteiger partial charge in [0.25, 0.3) is 0 Å². The number of nitrogens with zero attached hydrogens (tertiary/aromatic N) is 2. The van der Waals surface area contributed by atoms with E-state index in [1.807, 2.05) is 51.1 Å². The van der Waals surface area contributed by atoms with Crippen molar-refractivity contribution in [1.82, 2.24) is 4.98 Å². The Hall–Kier alpha value is -2.56. The highest BCUT2D eigenvalue weighted by Gasteiger charge is 2.30. The van der Waals surface area contributed by atoms with Crippen molar-refractivity contribution in [1.29, 1.82) is 0 Å². The van der Waals surface area contributed by atoms with Crippen molar-refractivity contribution in [2.75, 3.05) is 12.0 Å². The molecule has 0 aliphatic carbocycles. The van der Waals surface area contributed by atoms with E-state index in [1.165, 1.54) is 0 Å². The average Bonchev–Trinajstić information content (AvgIpc) is 2.69. The quantitative estimate of drug-likeness (QED) is 0.785. The summed E-state index contributed by atoms with van der Waals surface area (Å²) >= 11 is 0. The summed E-state index contributed by atoms with van der Waals surface area (Å²) in [7, 11) is 1.64. The number of hydrogen-bond acceptors (Lipinski definition) is 4. The Balaban J connectivity index is 2.12. The van der Waals surface area contributed by atoms with E-state index in [2.05, 4.69) is 4.98 Å². The number of hydrogen-bond donors (Lipinski definition) is 0. The van der Waals surface area contributed by atoms with E-state index in [0.29, 0.717) is 5.82 Å². The highest BCUT2D eigenvalue weighted by atomic mass is 16.6. The van der Waals surface area contributed by atoms with Crippen LogP contribution < -0.4 is 9.64 Å². The van der Waals surface area contributed by atoms with Crippen molar-refractivity contribution in [3.63, 3.8) is 0 Å². The fourth-order valence-corrected chi connectivity index (χ4v) is 2.81. The molecule has 1 amide bonds. The van der Waals surface area contributed by atoms with Crippen molar-refractivity contribution in [2.24, 2.45) is 0 Å². The maximum absolute atomic E-state index is 12.9. The van der Waals surface area contributed by atoms with Gasteiger partial charge in [-0.15, -0.1) is 0 Å². The summed E-state index contributed by atoms with van der Waals surface area (Å²) in [6, 6.07) is 9.61. The van der Waals surface area contributed by atoms with Crippen molar-refractivity contribution < 1.29 is 14.3 Å². The first-order chi connectivity index (χ1) is 11.4. The number of ether oxygens (including phenoxy) is 2. The number of carbonyl (C=O) groups is 1.